The molecule has 1 saturated carbocycles. The number of hydrogen-bond acceptors (Lipinski definition) is 4. The third-order valence-corrected chi connectivity index (χ3v) is 4.58. The van der Waals surface area contributed by atoms with Crippen molar-refractivity contribution in [3.8, 4) is 0 Å². The molecule has 0 aromatic heterocycles. The van der Waals surface area contributed by atoms with Crippen molar-refractivity contribution in [2.75, 3.05) is 39.3 Å². The smallest absolute Gasteiger partial charge is 0.220 e. The molecule has 0 radical (unpaired) electrons. The van der Waals surface area contributed by atoms with Crippen LogP contribution in [0.2, 0.25) is 0 Å². The highest BCUT2D eigenvalue weighted by Crippen LogP contribution is 2.42. The SMILES string of the molecule is CCN1CCOC(CNC(=O)CC2(CN)CCC2)C1. The number of amides is 1. The van der Waals surface area contributed by atoms with Crippen molar-refractivity contribution in [2.45, 2.75) is 38.7 Å². The van der Waals surface area contributed by atoms with Gasteiger partial charge in [-0.3, -0.25) is 9.69 Å². The topological polar surface area (TPSA) is 67.6 Å². The number of ether oxygens (including phenoxy) is 1. The van der Waals surface area contributed by atoms with Crippen LogP contribution in [0.15, 0.2) is 0 Å². The van der Waals surface area contributed by atoms with E-state index in [0.717, 1.165) is 39.1 Å². The van der Waals surface area contributed by atoms with Crippen molar-refractivity contribution in [1.82, 2.24) is 10.2 Å². The lowest BCUT2D eigenvalue weighted by molar-refractivity contribution is -0.125. The molecule has 5 nitrogen and oxygen atoms in total. The molecule has 1 saturated heterocycles. The van der Waals surface area contributed by atoms with Crippen LogP contribution in [0.1, 0.15) is 32.6 Å². The van der Waals surface area contributed by atoms with Crippen molar-refractivity contribution in [3.05, 3.63) is 0 Å². The molecular weight excluding hydrogens is 242 g/mol. The van der Waals surface area contributed by atoms with Crippen LogP contribution >= 0.6 is 0 Å². The van der Waals surface area contributed by atoms with Crippen LogP contribution in [0.3, 0.4) is 0 Å². The van der Waals surface area contributed by atoms with Crippen LogP contribution in [0.4, 0.5) is 0 Å². The quantitative estimate of drug-likeness (QED) is 0.730. The Hall–Kier alpha value is -0.650. The average Bonchev–Trinajstić information content (AvgIpc) is 2.41. The molecule has 1 aliphatic carbocycles. The zero-order valence-electron chi connectivity index (χ0n) is 12.0. The zero-order chi connectivity index (χ0) is 13.7. The number of nitrogens with one attached hydrogen (secondary N) is 1. The first-order chi connectivity index (χ1) is 9.17. The molecule has 3 N–H and O–H groups in total. The summed E-state index contributed by atoms with van der Waals surface area (Å²) < 4.78 is 5.68. The molecule has 2 rings (SSSR count). The Kier molecular flexibility index (Phi) is 5.19. The minimum atomic E-state index is 0.0902. The second-order valence-corrected chi connectivity index (χ2v) is 5.92. The van der Waals surface area contributed by atoms with E-state index < -0.39 is 0 Å². The Morgan fingerprint density at radius 1 is 1.53 bits per heavy atom. The molecule has 110 valence electrons. The molecule has 1 aliphatic heterocycles. The summed E-state index contributed by atoms with van der Waals surface area (Å²) in [5, 5.41) is 3.01. The Bertz CT molecular complexity index is 300. The fourth-order valence-corrected chi connectivity index (χ4v) is 2.95. The summed E-state index contributed by atoms with van der Waals surface area (Å²) >= 11 is 0. The lowest BCUT2D eigenvalue weighted by Crippen LogP contribution is -2.48. The highest BCUT2D eigenvalue weighted by Gasteiger charge is 2.37. The van der Waals surface area contributed by atoms with E-state index in [0.29, 0.717) is 19.5 Å². The molecule has 0 aromatic carbocycles. The molecule has 1 unspecified atom stereocenters. The lowest BCUT2D eigenvalue weighted by Gasteiger charge is -2.40. The second kappa shape index (κ2) is 6.68. The third kappa shape index (κ3) is 3.91. The molecule has 2 fully saturated rings. The molecule has 5 heteroatoms. The molecule has 1 amide bonds. The number of likely N-dealkylation sites (N-methyl/N-ethyl adjacent to an activating group) is 1. The van der Waals surface area contributed by atoms with Gasteiger partial charge in [0, 0.05) is 26.1 Å². The van der Waals surface area contributed by atoms with E-state index >= 15 is 0 Å². The first-order valence-corrected chi connectivity index (χ1v) is 7.48. The normalized spacial score (nSPS) is 26.7. The van der Waals surface area contributed by atoms with Gasteiger partial charge in [-0.05, 0) is 31.3 Å². The molecule has 0 spiro atoms. The minimum absolute atomic E-state index is 0.0902. The first kappa shape index (κ1) is 14.8. The summed E-state index contributed by atoms with van der Waals surface area (Å²) in [6.07, 6.45) is 4.11. The third-order valence-electron chi connectivity index (χ3n) is 4.58. The Balaban J connectivity index is 1.68. The Morgan fingerprint density at radius 3 is 2.89 bits per heavy atom. The maximum atomic E-state index is 12.0. The van der Waals surface area contributed by atoms with Gasteiger partial charge in [0.25, 0.3) is 0 Å². The predicted molar refractivity (Wildman–Crippen MR) is 74.8 cm³/mol. The van der Waals surface area contributed by atoms with Gasteiger partial charge in [0.2, 0.25) is 5.91 Å². The Labute approximate surface area is 115 Å². The highest BCUT2D eigenvalue weighted by atomic mass is 16.5. The van der Waals surface area contributed by atoms with Crippen LogP contribution in [0.5, 0.6) is 0 Å². The van der Waals surface area contributed by atoms with Gasteiger partial charge in [0.05, 0.1) is 12.7 Å². The van der Waals surface area contributed by atoms with Gasteiger partial charge in [-0.25, -0.2) is 0 Å². The summed E-state index contributed by atoms with van der Waals surface area (Å²) in [7, 11) is 0. The zero-order valence-corrected chi connectivity index (χ0v) is 12.0. The molecular formula is C14H27N3O2. The highest BCUT2D eigenvalue weighted by molar-refractivity contribution is 5.76. The van der Waals surface area contributed by atoms with Crippen molar-refractivity contribution in [2.24, 2.45) is 11.1 Å². The number of carbonyl (C=O) groups excluding carboxylic acids is 1. The van der Waals surface area contributed by atoms with Crippen LogP contribution in [0, 0.1) is 5.41 Å². The largest absolute Gasteiger partial charge is 0.374 e. The van der Waals surface area contributed by atoms with E-state index in [1.54, 1.807) is 0 Å². The lowest BCUT2D eigenvalue weighted by atomic mass is 9.66. The standard InChI is InChI=1S/C14H27N3O2/c1-2-17-6-7-19-12(10-17)9-16-13(18)8-14(11-15)4-3-5-14/h12H,2-11,15H2,1H3,(H,16,18). The van der Waals surface area contributed by atoms with Crippen molar-refractivity contribution in [3.63, 3.8) is 0 Å². The van der Waals surface area contributed by atoms with Crippen molar-refractivity contribution < 1.29 is 9.53 Å². The molecule has 0 bridgehead atoms. The summed E-state index contributed by atoms with van der Waals surface area (Å²) in [6, 6.07) is 0. The van der Waals surface area contributed by atoms with E-state index in [2.05, 4.69) is 17.1 Å². The summed E-state index contributed by atoms with van der Waals surface area (Å²) in [6.45, 7) is 7.13. The van der Waals surface area contributed by atoms with Gasteiger partial charge in [-0.1, -0.05) is 13.3 Å². The predicted octanol–water partition coefficient (Wildman–Crippen LogP) is 0.342. The summed E-state index contributed by atoms with van der Waals surface area (Å²) in [5.41, 5.74) is 5.87. The van der Waals surface area contributed by atoms with Crippen LogP contribution in [-0.2, 0) is 9.53 Å². The van der Waals surface area contributed by atoms with Crippen molar-refractivity contribution in [1.29, 1.82) is 0 Å². The van der Waals surface area contributed by atoms with Gasteiger partial charge < -0.3 is 15.8 Å². The van der Waals surface area contributed by atoms with Crippen LogP contribution in [0.25, 0.3) is 0 Å². The molecule has 19 heavy (non-hydrogen) atoms. The number of morpholine rings is 1. The fourth-order valence-electron chi connectivity index (χ4n) is 2.95. The van der Waals surface area contributed by atoms with E-state index in [9.17, 15) is 4.79 Å². The maximum absolute atomic E-state index is 12.0. The fraction of sp³-hybridized carbons (Fsp3) is 0.929. The molecule has 1 atom stereocenters. The molecule has 0 aromatic rings. The van der Waals surface area contributed by atoms with Gasteiger partial charge in [0.1, 0.15) is 0 Å². The molecule has 2 aliphatic rings. The van der Waals surface area contributed by atoms with Crippen LogP contribution < -0.4 is 11.1 Å². The van der Waals surface area contributed by atoms with E-state index in [1.165, 1.54) is 6.42 Å². The van der Waals surface area contributed by atoms with Crippen molar-refractivity contribution >= 4 is 5.91 Å². The number of nitrogens with two attached hydrogens (primary N) is 1. The minimum Gasteiger partial charge on any atom is -0.374 e. The van der Waals surface area contributed by atoms with Gasteiger partial charge in [-0.15, -0.1) is 0 Å². The van der Waals surface area contributed by atoms with E-state index in [4.69, 9.17) is 10.5 Å². The summed E-state index contributed by atoms with van der Waals surface area (Å²) in [4.78, 5) is 14.3. The average molecular weight is 269 g/mol. The number of hydrogen-bond donors (Lipinski definition) is 2. The monoisotopic (exact) mass is 269 g/mol. The summed E-state index contributed by atoms with van der Waals surface area (Å²) in [5.74, 6) is 0.127. The first-order valence-electron chi connectivity index (χ1n) is 7.48. The number of rotatable bonds is 6. The van der Waals surface area contributed by atoms with Gasteiger partial charge >= 0.3 is 0 Å². The van der Waals surface area contributed by atoms with E-state index in [-0.39, 0.29) is 17.4 Å². The van der Waals surface area contributed by atoms with Gasteiger partial charge in [-0.2, -0.15) is 0 Å². The maximum Gasteiger partial charge on any atom is 0.220 e. The number of carbonyl (C=O) groups is 1. The number of nitrogens with zero attached hydrogens (tertiary/aromatic N) is 1. The van der Waals surface area contributed by atoms with E-state index in [1.807, 2.05) is 0 Å². The molecule has 1 heterocycles. The second-order valence-electron chi connectivity index (χ2n) is 5.92. The Morgan fingerprint density at radius 2 is 2.32 bits per heavy atom. The van der Waals surface area contributed by atoms with Crippen LogP contribution in [-0.4, -0.2) is 56.2 Å². The van der Waals surface area contributed by atoms with Gasteiger partial charge in [0.15, 0.2) is 0 Å².